The third kappa shape index (κ3) is 2.27. The molecular weight excluding hydrogens is 316 g/mol. The number of aromatic nitrogens is 2. The quantitative estimate of drug-likeness (QED) is 0.725. The molecule has 0 unspecified atom stereocenters. The van der Waals surface area contributed by atoms with Crippen molar-refractivity contribution in [2.75, 3.05) is 0 Å². The van der Waals surface area contributed by atoms with Crippen molar-refractivity contribution in [1.29, 1.82) is 0 Å². The lowest BCUT2D eigenvalue weighted by molar-refractivity contribution is -0.142. The summed E-state index contributed by atoms with van der Waals surface area (Å²) >= 11 is 2.90. The van der Waals surface area contributed by atoms with Crippen molar-refractivity contribution in [1.82, 2.24) is 9.78 Å². The fourth-order valence-electron chi connectivity index (χ4n) is 1.60. The standard InChI is InChI=1S/C11H7BrF4N2/c1-18-9(6-2-4-7(13)5-3-6)8(12)10(17-18)11(14,15)16/h2-5H,1H3. The minimum Gasteiger partial charge on any atom is -0.266 e. The zero-order chi connectivity index (χ0) is 13.5. The van der Waals surface area contributed by atoms with Crippen LogP contribution < -0.4 is 0 Å². The van der Waals surface area contributed by atoms with E-state index in [9.17, 15) is 17.6 Å². The highest BCUT2D eigenvalue weighted by Gasteiger charge is 2.38. The van der Waals surface area contributed by atoms with Gasteiger partial charge in [0.2, 0.25) is 0 Å². The highest BCUT2D eigenvalue weighted by Crippen LogP contribution is 2.39. The van der Waals surface area contributed by atoms with Crippen LogP contribution in [-0.4, -0.2) is 9.78 Å². The molecule has 1 aromatic heterocycles. The molecule has 1 aromatic carbocycles. The Hall–Kier alpha value is -1.37. The number of aryl methyl sites for hydroxylation is 1. The highest BCUT2D eigenvalue weighted by atomic mass is 79.9. The number of hydrogen-bond donors (Lipinski definition) is 0. The number of benzene rings is 1. The van der Waals surface area contributed by atoms with Gasteiger partial charge in [-0.2, -0.15) is 18.3 Å². The second kappa shape index (κ2) is 4.38. The van der Waals surface area contributed by atoms with Crippen LogP contribution in [0.15, 0.2) is 28.7 Å². The van der Waals surface area contributed by atoms with Crippen LogP contribution in [0.1, 0.15) is 5.69 Å². The summed E-state index contributed by atoms with van der Waals surface area (Å²) in [5.74, 6) is -0.451. The van der Waals surface area contributed by atoms with Crippen LogP contribution in [0.5, 0.6) is 0 Å². The topological polar surface area (TPSA) is 17.8 Å². The summed E-state index contributed by atoms with van der Waals surface area (Å²) in [7, 11) is 1.40. The molecule has 2 nitrogen and oxygen atoms in total. The predicted molar refractivity (Wildman–Crippen MR) is 61.3 cm³/mol. The van der Waals surface area contributed by atoms with Crippen LogP contribution >= 0.6 is 15.9 Å². The van der Waals surface area contributed by atoms with Crippen LogP contribution in [0.25, 0.3) is 11.3 Å². The molecule has 0 bridgehead atoms. The van der Waals surface area contributed by atoms with Gasteiger partial charge in [-0.05, 0) is 40.2 Å². The molecule has 0 spiro atoms. The van der Waals surface area contributed by atoms with Crippen molar-refractivity contribution in [2.24, 2.45) is 7.05 Å². The molecule has 1 heterocycles. The first-order valence-corrected chi connectivity index (χ1v) is 5.65. The van der Waals surface area contributed by atoms with Crippen LogP contribution in [0.3, 0.4) is 0 Å². The number of alkyl halides is 3. The minimum absolute atomic E-state index is 0.149. The van der Waals surface area contributed by atoms with Crippen molar-refractivity contribution < 1.29 is 17.6 Å². The van der Waals surface area contributed by atoms with Gasteiger partial charge in [0, 0.05) is 12.6 Å². The summed E-state index contributed by atoms with van der Waals surface area (Å²) in [6, 6.07) is 5.17. The maximum atomic E-state index is 12.8. The Kier molecular flexibility index (Phi) is 3.18. The second-order valence-electron chi connectivity index (χ2n) is 3.64. The van der Waals surface area contributed by atoms with Gasteiger partial charge >= 0.3 is 6.18 Å². The summed E-state index contributed by atoms with van der Waals surface area (Å²) in [5.41, 5.74) is -0.291. The molecule has 2 aromatic rings. The molecule has 0 aliphatic heterocycles. The molecule has 0 atom stereocenters. The van der Waals surface area contributed by atoms with Crippen LogP contribution in [-0.2, 0) is 13.2 Å². The first kappa shape index (κ1) is 13.1. The molecule has 2 rings (SSSR count). The summed E-state index contributed by atoms with van der Waals surface area (Å²) < 4.78 is 51.7. The van der Waals surface area contributed by atoms with Gasteiger partial charge in [-0.1, -0.05) is 0 Å². The zero-order valence-corrected chi connectivity index (χ0v) is 10.7. The molecule has 0 fully saturated rings. The molecule has 18 heavy (non-hydrogen) atoms. The SMILES string of the molecule is Cn1nc(C(F)(F)F)c(Br)c1-c1ccc(F)cc1. The van der Waals surface area contributed by atoms with E-state index in [2.05, 4.69) is 21.0 Å². The molecule has 0 amide bonds. The second-order valence-corrected chi connectivity index (χ2v) is 4.43. The van der Waals surface area contributed by atoms with Gasteiger partial charge < -0.3 is 0 Å². The van der Waals surface area contributed by atoms with E-state index in [4.69, 9.17) is 0 Å². The predicted octanol–water partition coefficient (Wildman–Crippen LogP) is 4.01. The maximum Gasteiger partial charge on any atom is 0.436 e. The minimum atomic E-state index is -4.53. The zero-order valence-electron chi connectivity index (χ0n) is 9.09. The molecule has 0 saturated carbocycles. The van der Waals surface area contributed by atoms with Gasteiger partial charge in [0.05, 0.1) is 10.2 Å². The Morgan fingerprint density at radius 2 is 1.72 bits per heavy atom. The lowest BCUT2D eigenvalue weighted by atomic mass is 10.1. The average molecular weight is 323 g/mol. The number of nitrogens with zero attached hydrogens (tertiary/aromatic N) is 2. The fourth-order valence-corrected chi connectivity index (χ4v) is 2.39. The molecule has 0 aliphatic rings. The summed E-state index contributed by atoms with van der Waals surface area (Å²) in [5, 5.41) is 3.43. The van der Waals surface area contributed by atoms with E-state index in [0.717, 1.165) is 4.68 Å². The van der Waals surface area contributed by atoms with E-state index >= 15 is 0 Å². The fraction of sp³-hybridized carbons (Fsp3) is 0.182. The molecular formula is C11H7BrF4N2. The molecule has 0 aliphatic carbocycles. The van der Waals surface area contributed by atoms with Gasteiger partial charge in [-0.3, -0.25) is 4.68 Å². The summed E-state index contributed by atoms with van der Waals surface area (Å²) in [6.45, 7) is 0. The summed E-state index contributed by atoms with van der Waals surface area (Å²) in [6.07, 6.45) is -4.53. The van der Waals surface area contributed by atoms with E-state index in [-0.39, 0.29) is 10.2 Å². The molecule has 0 radical (unpaired) electrons. The van der Waals surface area contributed by atoms with Crippen LogP contribution in [0.4, 0.5) is 17.6 Å². The van der Waals surface area contributed by atoms with Gasteiger partial charge in [0.1, 0.15) is 5.82 Å². The lowest BCUT2D eigenvalue weighted by Gasteiger charge is -2.03. The Morgan fingerprint density at radius 3 is 2.17 bits per heavy atom. The average Bonchev–Trinajstić information content (AvgIpc) is 2.56. The first-order chi connectivity index (χ1) is 8.30. The van der Waals surface area contributed by atoms with Crippen molar-refractivity contribution >= 4 is 15.9 Å². The molecule has 0 saturated heterocycles. The van der Waals surface area contributed by atoms with E-state index in [0.29, 0.717) is 5.56 Å². The maximum absolute atomic E-state index is 12.8. The molecule has 0 N–H and O–H groups in total. The van der Waals surface area contributed by atoms with Crippen molar-refractivity contribution in [3.8, 4) is 11.3 Å². The largest absolute Gasteiger partial charge is 0.436 e. The van der Waals surface area contributed by atoms with E-state index in [1.807, 2.05) is 0 Å². The van der Waals surface area contributed by atoms with Crippen molar-refractivity contribution in [3.63, 3.8) is 0 Å². The van der Waals surface area contributed by atoms with Crippen LogP contribution in [0, 0.1) is 5.82 Å². The van der Waals surface area contributed by atoms with Gasteiger partial charge in [0.25, 0.3) is 0 Å². The first-order valence-electron chi connectivity index (χ1n) is 4.86. The summed E-state index contributed by atoms with van der Waals surface area (Å²) in [4.78, 5) is 0. The van der Waals surface area contributed by atoms with Crippen LogP contribution in [0.2, 0.25) is 0 Å². The van der Waals surface area contributed by atoms with Gasteiger partial charge in [0.15, 0.2) is 5.69 Å². The third-order valence-corrected chi connectivity index (χ3v) is 3.13. The molecule has 96 valence electrons. The Labute approximate surface area is 108 Å². The lowest BCUT2D eigenvalue weighted by Crippen LogP contribution is -2.07. The Balaban J connectivity index is 2.59. The van der Waals surface area contributed by atoms with E-state index in [1.54, 1.807) is 0 Å². The highest BCUT2D eigenvalue weighted by molar-refractivity contribution is 9.10. The smallest absolute Gasteiger partial charge is 0.266 e. The molecule has 7 heteroatoms. The number of hydrogen-bond acceptors (Lipinski definition) is 1. The normalized spacial score (nSPS) is 11.9. The number of rotatable bonds is 1. The van der Waals surface area contributed by atoms with Crippen molar-refractivity contribution in [2.45, 2.75) is 6.18 Å². The van der Waals surface area contributed by atoms with E-state index < -0.39 is 17.7 Å². The Morgan fingerprint density at radius 1 is 1.17 bits per heavy atom. The third-order valence-electron chi connectivity index (χ3n) is 2.38. The van der Waals surface area contributed by atoms with E-state index in [1.165, 1.54) is 31.3 Å². The monoisotopic (exact) mass is 322 g/mol. The van der Waals surface area contributed by atoms with Gasteiger partial charge in [-0.15, -0.1) is 0 Å². The van der Waals surface area contributed by atoms with Gasteiger partial charge in [-0.25, -0.2) is 4.39 Å². The number of halogens is 5. The van der Waals surface area contributed by atoms with Crippen molar-refractivity contribution in [3.05, 3.63) is 40.2 Å². The Bertz CT molecular complexity index is 572.